The quantitative estimate of drug-likeness (QED) is 0.226. The molecule has 0 radical (unpaired) electrons. The highest BCUT2D eigenvalue weighted by molar-refractivity contribution is 5.88. The van der Waals surface area contributed by atoms with Crippen LogP contribution in [0.5, 0.6) is 28.7 Å². The number of hydrogen-bond donors (Lipinski definition) is 6. The number of phenols is 4. The zero-order valence-electron chi connectivity index (χ0n) is 18.7. The van der Waals surface area contributed by atoms with Crippen LogP contribution in [-0.2, 0) is 6.42 Å². The van der Waals surface area contributed by atoms with Gasteiger partial charge >= 0.3 is 0 Å². The lowest BCUT2D eigenvalue weighted by Gasteiger charge is -2.16. The van der Waals surface area contributed by atoms with E-state index in [4.69, 9.17) is 4.42 Å². The maximum absolute atomic E-state index is 12.7. The van der Waals surface area contributed by atoms with Gasteiger partial charge in [-0.05, 0) is 58.6 Å². The third kappa shape index (κ3) is 5.23. The first-order chi connectivity index (χ1) is 15.4. The van der Waals surface area contributed by atoms with Gasteiger partial charge in [0.25, 0.3) is 0 Å². The van der Waals surface area contributed by atoms with Crippen LogP contribution >= 0.6 is 0 Å². The van der Waals surface area contributed by atoms with Crippen LogP contribution in [0.4, 0.5) is 0 Å². The van der Waals surface area contributed by atoms with Crippen molar-refractivity contribution >= 4 is 11.0 Å². The Balaban J connectivity index is 2.06. The van der Waals surface area contributed by atoms with E-state index >= 15 is 0 Å². The summed E-state index contributed by atoms with van der Waals surface area (Å²) in [6, 6.07) is 4.69. The van der Waals surface area contributed by atoms with Crippen molar-refractivity contribution in [1.29, 1.82) is 0 Å². The molecule has 1 aromatic heterocycles. The highest BCUT2D eigenvalue weighted by Crippen LogP contribution is 2.41. The summed E-state index contributed by atoms with van der Waals surface area (Å²) in [5, 5.41) is 60.4. The smallest absolute Gasteiger partial charge is 0.238 e. The molecular weight excluding hydrogens is 428 g/mol. The molecule has 0 unspecified atom stereocenters. The summed E-state index contributed by atoms with van der Waals surface area (Å²) in [5.41, 5.74) is -0.427. The summed E-state index contributed by atoms with van der Waals surface area (Å²) in [6.45, 7) is 5.39. The van der Waals surface area contributed by atoms with Crippen LogP contribution in [0.1, 0.15) is 45.6 Å². The number of aliphatic hydroxyl groups is 1. The average Bonchev–Trinajstić information content (AvgIpc) is 2.70. The van der Waals surface area contributed by atoms with Crippen molar-refractivity contribution in [2.24, 2.45) is 0 Å². The first-order valence-electron chi connectivity index (χ1n) is 10.5. The van der Waals surface area contributed by atoms with Crippen LogP contribution in [0.2, 0.25) is 0 Å². The Labute approximate surface area is 190 Å². The van der Waals surface area contributed by atoms with Gasteiger partial charge in [0.15, 0.2) is 17.3 Å². The fourth-order valence-electron chi connectivity index (χ4n) is 3.68. The van der Waals surface area contributed by atoms with E-state index in [1.165, 1.54) is 12.1 Å². The summed E-state index contributed by atoms with van der Waals surface area (Å²) < 4.78 is 5.65. The molecule has 0 bridgehead atoms. The molecule has 176 valence electrons. The minimum Gasteiger partial charge on any atom is -0.508 e. The number of phenolic OH excluding ortho intramolecular Hbond substituents is 4. The molecule has 0 amide bonds. The molecule has 0 atom stereocenters. The van der Waals surface area contributed by atoms with E-state index < -0.39 is 28.3 Å². The van der Waals surface area contributed by atoms with Gasteiger partial charge in [-0.2, -0.15) is 0 Å². The first kappa shape index (κ1) is 24.0. The first-order valence-corrected chi connectivity index (χ1v) is 10.5. The van der Waals surface area contributed by atoms with E-state index in [0.717, 1.165) is 24.1 Å². The summed E-state index contributed by atoms with van der Waals surface area (Å²) >= 11 is 0. The Bertz CT molecular complexity index is 1280. The SMILES string of the molecule is C/C(=C\Cc1c(-c2oc3cc(O)cc(O)c3c(=O)c2O)ccc(O)c1O)CCCC(C)(C)O. The predicted octanol–water partition coefficient (Wildman–Crippen LogP) is 4.42. The monoisotopic (exact) mass is 456 g/mol. The zero-order chi connectivity index (χ0) is 24.5. The second kappa shape index (κ2) is 9.07. The maximum Gasteiger partial charge on any atom is 0.238 e. The largest absolute Gasteiger partial charge is 0.508 e. The lowest BCUT2D eigenvalue weighted by Crippen LogP contribution is -2.17. The molecule has 1 heterocycles. The number of rotatable bonds is 7. The van der Waals surface area contributed by atoms with E-state index in [1.807, 2.05) is 13.0 Å². The van der Waals surface area contributed by atoms with Crippen molar-refractivity contribution in [3.63, 3.8) is 0 Å². The summed E-state index contributed by atoms with van der Waals surface area (Å²) in [6.07, 6.45) is 4.11. The zero-order valence-corrected chi connectivity index (χ0v) is 18.7. The number of allylic oxidation sites excluding steroid dienone is 2. The van der Waals surface area contributed by atoms with Gasteiger partial charge in [0, 0.05) is 23.3 Å². The fraction of sp³-hybridized carbons (Fsp3) is 0.320. The fourth-order valence-corrected chi connectivity index (χ4v) is 3.68. The normalized spacial score (nSPS) is 12.4. The number of benzene rings is 2. The van der Waals surface area contributed by atoms with Crippen LogP contribution in [0.15, 0.2) is 45.1 Å². The van der Waals surface area contributed by atoms with E-state index in [1.54, 1.807) is 13.8 Å². The van der Waals surface area contributed by atoms with Gasteiger partial charge < -0.3 is 35.1 Å². The molecule has 8 nitrogen and oxygen atoms in total. The topological polar surface area (TPSA) is 152 Å². The molecule has 0 fully saturated rings. The number of hydrogen-bond acceptors (Lipinski definition) is 8. The van der Waals surface area contributed by atoms with Gasteiger partial charge in [-0.1, -0.05) is 11.6 Å². The third-order valence-corrected chi connectivity index (χ3v) is 5.46. The molecule has 0 spiro atoms. The van der Waals surface area contributed by atoms with Crippen LogP contribution in [0.3, 0.4) is 0 Å². The van der Waals surface area contributed by atoms with E-state index in [2.05, 4.69) is 0 Å². The van der Waals surface area contributed by atoms with Crippen molar-refractivity contribution in [2.75, 3.05) is 0 Å². The average molecular weight is 456 g/mol. The third-order valence-electron chi connectivity index (χ3n) is 5.46. The minimum atomic E-state index is -0.902. The van der Waals surface area contributed by atoms with Crippen LogP contribution in [0, 0.1) is 0 Å². The van der Waals surface area contributed by atoms with Gasteiger partial charge in [-0.25, -0.2) is 0 Å². The summed E-state index contributed by atoms with van der Waals surface area (Å²) in [5.74, 6) is -2.72. The molecule has 33 heavy (non-hydrogen) atoms. The number of aromatic hydroxyl groups is 5. The van der Waals surface area contributed by atoms with Gasteiger partial charge in [-0.3, -0.25) is 4.79 Å². The molecule has 0 aliphatic carbocycles. The van der Waals surface area contributed by atoms with Crippen molar-refractivity contribution in [3.8, 4) is 40.1 Å². The van der Waals surface area contributed by atoms with Crippen LogP contribution in [0.25, 0.3) is 22.3 Å². The standard InChI is InChI=1S/C25H28O8/c1-13(5-4-10-25(2,3)32)6-7-15-16(8-9-17(27)21(15)29)24-23(31)22(30)20-18(28)11-14(26)12-19(20)33-24/h6,8-9,11-12,26-29,31-32H,4-5,7,10H2,1-3H3/b13-6+. The van der Waals surface area contributed by atoms with E-state index in [0.29, 0.717) is 12.8 Å². The molecule has 8 heteroatoms. The lowest BCUT2D eigenvalue weighted by molar-refractivity contribution is 0.0689. The predicted molar refractivity (Wildman–Crippen MR) is 124 cm³/mol. The highest BCUT2D eigenvalue weighted by atomic mass is 16.4. The molecule has 0 saturated heterocycles. The Kier molecular flexibility index (Phi) is 6.60. The summed E-state index contributed by atoms with van der Waals surface area (Å²) in [7, 11) is 0. The second-order valence-electron chi connectivity index (χ2n) is 8.83. The van der Waals surface area contributed by atoms with Crippen molar-refractivity contribution in [2.45, 2.75) is 52.1 Å². The molecule has 3 rings (SSSR count). The van der Waals surface area contributed by atoms with E-state index in [-0.39, 0.29) is 45.8 Å². The molecule has 0 saturated carbocycles. The maximum atomic E-state index is 12.7. The minimum absolute atomic E-state index is 0.151. The summed E-state index contributed by atoms with van der Waals surface area (Å²) in [4.78, 5) is 12.7. The van der Waals surface area contributed by atoms with Gasteiger partial charge in [-0.15, -0.1) is 0 Å². The van der Waals surface area contributed by atoms with Gasteiger partial charge in [0.2, 0.25) is 11.2 Å². The number of fused-ring (bicyclic) bond motifs is 1. The molecule has 2 aromatic carbocycles. The lowest BCUT2D eigenvalue weighted by atomic mass is 9.96. The Morgan fingerprint density at radius 2 is 1.73 bits per heavy atom. The molecule has 0 aliphatic heterocycles. The Morgan fingerprint density at radius 3 is 2.39 bits per heavy atom. The second-order valence-corrected chi connectivity index (χ2v) is 8.83. The van der Waals surface area contributed by atoms with Gasteiger partial charge in [0.05, 0.1) is 5.60 Å². The van der Waals surface area contributed by atoms with Crippen LogP contribution in [-0.4, -0.2) is 36.2 Å². The Hall–Kier alpha value is -3.65. The van der Waals surface area contributed by atoms with Crippen molar-refractivity contribution < 1.29 is 35.1 Å². The Morgan fingerprint density at radius 1 is 1.03 bits per heavy atom. The van der Waals surface area contributed by atoms with Crippen LogP contribution < -0.4 is 5.43 Å². The molecular formula is C25H28O8. The highest BCUT2D eigenvalue weighted by Gasteiger charge is 2.23. The van der Waals surface area contributed by atoms with Crippen molar-refractivity contribution in [1.82, 2.24) is 0 Å². The molecule has 0 aliphatic rings. The van der Waals surface area contributed by atoms with E-state index in [9.17, 15) is 35.4 Å². The molecule has 6 N–H and O–H groups in total. The van der Waals surface area contributed by atoms with Gasteiger partial charge in [0.1, 0.15) is 22.5 Å². The van der Waals surface area contributed by atoms with Crippen molar-refractivity contribution in [3.05, 3.63) is 51.7 Å². The molecule has 3 aromatic rings.